The fraction of sp³-hybridized carbons (Fsp3) is 0.833. The van der Waals surface area contributed by atoms with Crippen molar-refractivity contribution in [2.45, 2.75) is 12.5 Å². The second-order valence-electron chi connectivity index (χ2n) is 2.66. The van der Waals surface area contributed by atoms with Crippen molar-refractivity contribution < 1.29 is 18.0 Å². The zero-order valence-electron chi connectivity index (χ0n) is 8.02. The Labute approximate surface area is 87.6 Å². The topological polar surface area (TPSA) is 98.5 Å². The molecule has 0 aromatic carbocycles. The summed E-state index contributed by atoms with van der Waals surface area (Å²) in [6.07, 6.45) is 3.21. The van der Waals surface area contributed by atoms with E-state index in [0.717, 1.165) is 12.0 Å². The van der Waals surface area contributed by atoms with Crippen LogP contribution in [0.3, 0.4) is 0 Å². The van der Waals surface area contributed by atoms with Crippen LogP contribution in [0.25, 0.3) is 0 Å². The number of rotatable bonds is 6. The van der Waals surface area contributed by atoms with Gasteiger partial charge in [0.15, 0.2) is 0 Å². The van der Waals surface area contributed by atoms with Crippen LogP contribution < -0.4 is 10.6 Å². The van der Waals surface area contributed by atoms with Gasteiger partial charge in [0.25, 0.3) is 0 Å². The van der Waals surface area contributed by atoms with E-state index in [1.807, 2.05) is 6.26 Å². The largest absolute Gasteiger partial charge is 0.354 e. The predicted molar refractivity (Wildman–Crippen MR) is 55.0 cm³/mol. The Kier molecular flexibility index (Phi) is 6.09. The molecule has 0 unspecified atom stereocenters. The molecule has 0 aliphatic rings. The molecule has 0 fully saturated rings. The van der Waals surface area contributed by atoms with E-state index in [-0.39, 0.29) is 0 Å². The minimum atomic E-state index is -3.53. The van der Waals surface area contributed by atoms with Crippen molar-refractivity contribution in [2.75, 3.05) is 18.3 Å². The SMILES string of the molecule is CSCC[C@H](N)C(=O)ONS(C)(=O)=O. The molecular formula is C6H14N2O4S2. The summed E-state index contributed by atoms with van der Waals surface area (Å²) in [7, 11) is -3.53. The van der Waals surface area contributed by atoms with E-state index in [1.54, 1.807) is 16.6 Å². The number of nitrogens with two attached hydrogens (primary N) is 1. The molecule has 3 N–H and O–H groups in total. The van der Waals surface area contributed by atoms with Gasteiger partial charge in [0.05, 0.1) is 6.26 Å². The van der Waals surface area contributed by atoms with E-state index >= 15 is 0 Å². The summed E-state index contributed by atoms with van der Waals surface area (Å²) >= 11 is 1.54. The third kappa shape index (κ3) is 7.13. The van der Waals surface area contributed by atoms with Crippen molar-refractivity contribution in [3.8, 4) is 0 Å². The summed E-state index contributed by atoms with van der Waals surface area (Å²) in [4.78, 5) is 16.9. The van der Waals surface area contributed by atoms with Gasteiger partial charge in [-0.1, -0.05) is 0 Å². The number of sulfonamides is 1. The molecule has 0 heterocycles. The number of thioether (sulfide) groups is 1. The van der Waals surface area contributed by atoms with Crippen molar-refractivity contribution >= 4 is 27.8 Å². The van der Waals surface area contributed by atoms with Crippen molar-refractivity contribution in [1.29, 1.82) is 0 Å². The first kappa shape index (κ1) is 13.7. The molecule has 1 atom stereocenters. The van der Waals surface area contributed by atoms with Crippen LogP contribution in [-0.2, 0) is 19.7 Å². The first-order valence-corrected chi connectivity index (χ1v) is 7.07. The first-order chi connectivity index (χ1) is 6.37. The van der Waals surface area contributed by atoms with E-state index in [1.165, 1.54) is 0 Å². The minimum absolute atomic E-state index is 0.450. The fourth-order valence-corrected chi connectivity index (χ4v) is 1.28. The van der Waals surface area contributed by atoms with E-state index in [0.29, 0.717) is 6.42 Å². The smallest absolute Gasteiger partial charge is 0.342 e. The molecule has 0 aliphatic heterocycles. The van der Waals surface area contributed by atoms with E-state index in [9.17, 15) is 13.2 Å². The Morgan fingerprint density at radius 1 is 1.64 bits per heavy atom. The maximum Gasteiger partial charge on any atom is 0.342 e. The summed E-state index contributed by atoms with van der Waals surface area (Å²) in [6, 6.07) is -0.795. The molecule has 0 saturated carbocycles. The number of carbonyl (C=O) groups is 1. The number of hydrogen-bond donors (Lipinski definition) is 2. The molecule has 0 radical (unpaired) electrons. The summed E-state index contributed by atoms with van der Waals surface area (Å²) in [5, 5.41) is 0. The second-order valence-corrected chi connectivity index (χ2v) is 5.36. The van der Waals surface area contributed by atoms with Crippen LogP contribution in [0.15, 0.2) is 0 Å². The van der Waals surface area contributed by atoms with Gasteiger partial charge in [-0.25, -0.2) is 13.2 Å². The van der Waals surface area contributed by atoms with E-state index in [2.05, 4.69) is 4.84 Å². The Hall–Kier alpha value is -0.310. The number of hydrogen-bond acceptors (Lipinski definition) is 6. The average Bonchev–Trinajstić information content (AvgIpc) is 2.09. The molecular weight excluding hydrogens is 228 g/mol. The quantitative estimate of drug-likeness (QED) is 0.584. The highest BCUT2D eigenvalue weighted by Gasteiger charge is 2.16. The highest BCUT2D eigenvalue weighted by Crippen LogP contribution is 1.99. The molecule has 0 rings (SSSR count). The lowest BCUT2D eigenvalue weighted by Gasteiger charge is -2.09. The second kappa shape index (κ2) is 6.23. The maximum atomic E-state index is 11.0. The van der Waals surface area contributed by atoms with Crippen LogP contribution in [0.5, 0.6) is 0 Å². The fourth-order valence-electron chi connectivity index (χ4n) is 0.555. The van der Waals surface area contributed by atoms with Gasteiger partial charge in [-0.15, -0.1) is 0 Å². The van der Waals surface area contributed by atoms with Gasteiger partial charge < -0.3 is 10.6 Å². The summed E-state index contributed by atoms with van der Waals surface area (Å²) < 4.78 is 21.1. The minimum Gasteiger partial charge on any atom is -0.354 e. The number of nitrogens with one attached hydrogen (secondary N) is 1. The molecule has 14 heavy (non-hydrogen) atoms. The Morgan fingerprint density at radius 2 is 2.21 bits per heavy atom. The molecule has 0 aromatic rings. The Bertz CT molecular complexity index is 278. The molecule has 0 amide bonds. The third-order valence-electron chi connectivity index (χ3n) is 1.23. The van der Waals surface area contributed by atoms with Crippen molar-refractivity contribution in [1.82, 2.24) is 4.89 Å². The molecule has 0 aromatic heterocycles. The summed E-state index contributed by atoms with van der Waals surface area (Å²) in [5.41, 5.74) is 5.41. The van der Waals surface area contributed by atoms with Crippen molar-refractivity contribution in [2.24, 2.45) is 5.73 Å². The maximum absolute atomic E-state index is 11.0. The van der Waals surface area contributed by atoms with E-state index < -0.39 is 22.0 Å². The predicted octanol–water partition coefficient (Wildman–Crippen LogP) is -0.926. The van der Waals surface area contributed by atoms with Crippen molar-refractivity contribution in [3.63, 3.8) is 0 Å². The standard InChI is InChI=1S/C6H14N2O4S2/c1-13-4-3-5(7)6(9)12-8-14(2,10)11/h5,8H,3-4,7H2,1-2H3/t5-/m0/s1. The Balaban J connectivity index is 3.84. The van der Waals surface area contributed by atoms with Gasteiger partial charge in [0.1, 0.15) is 6.04 Å². The van der Waals surface area contributed by atoms with Gasteiger partial charge in [0.2, 0.25) is 10.0 Å². The van der Waals surface area contributed by atoms with Crippen LogP contribution in [0.4, 0.5) is 0 Å². The lowest BCUT2D eigenvalue weighted by atomic mass is 10.2. The van der Waals surface area contributed by atoms with Gasteiger partial charge >= 0.3 is 5.97 Å². The number of carbonyl (C=O) groups excluding carboxylic acids is 1. The van der Waals surface area contributed by atoms with Crippen LogP contribution in [-0.4, -0.2) is 38.7 Å². The lowest BCUT2D eigenvalue weighted by molar-refractivity contribution is -0.148. The van der Waals surface area contributed by atoms with Crippen LogP contribution in [0.2, 0.25) is 0 Å². The lowest BCUT2D eigenvalue weighted by Crippen LogP contribution is -2.37. The van der Waals surface area contributed by atoms with Crippen LogP contribution in [0.1, 0.15) is 6.42 Å². The molecule has 6 nitrogen and oxygen atoms in total. The van der Waals surface area contributed by atoms with Crippen molar-refractivity contribution in [3.05, 3.63) is 0 Å². The normalized spacial score (nSPS) is 13.6. The van der Waals surface area contributed by atoms with Gasteiger partial charge in [0, 0.05) is 0 Å². The molecule has 0 spiro atoms. The summed E-state index contributed by atoms with van der Waals surface area (Å²) in [6.45, 7) is 0. The van der Waals surface area contributed by atoms with Crippen LogP contribution in [0, 0.1) is 0 Å². The zero-order chi connectivity index (χ0) is 11.2. The highest BCUT2D eigenvalue weighted by atomic mass is 32.2. The molecule has 0 aliphatic carbocycles. The molecule has 0 saturated heterocycles. The highest BCUT2D eigenvalue weighted by molar-refractivity contribution is 7.98. The Morgan fingerprint density at radius 3 is 2.64 bits per heavy atom. The molecule has 84 valence electrons. The average molecular weight is 242 g/mol. The molecule has 8 heteroatoms. The zero-order valence-corrected chi connectivity index (χ0v) is 9.65. The third-order valence-corrected chi connectivity index (χ3v) is 2.26. The van der Waals surface area contributed by atoms with Gasteiger partial charge in [-0.05, 0) is 23.3 Å². The first-order valence-electron chi connectivity index (χ1n) is 3.79. The monoisotopic (exact) mass is 242 g/mol. The van der Waals surface area contributed by atoms with Gasteiger partial charge in [-0.2, -0.15) is 11.8 Å². The van der Waals surface area contributed by atoms with E-state index in [4.69, 9.17) is 5.73 Å². The molecule has 0 bridgehead atoms. The summed E-state index contributed by atoms with van der Waals surface area (Å²) in [5.74, 6) is -0.0562. The van der Waals surface area contributed by atoms with Crippen LogP contribution >= 0.6 is 11.8 Å². The van der Waals surface area contributed by atoms with Gasteiger partial charge in [-0.3, -0.25) is 0 Å².